The van der Waals surface area contributed by atoms with Gasteiger partial charge in [0.15, 0.2) is 0 Å². The lowest BCUT2D eigenvalue weighted by Crippen LogP contribution is -1.98. The Hall–Kier alpha value is -1.68. The van der Waals surface area contributed by atoms with Crippen molar-refractivity contribution in [2.75, 3.05) is 12.8 Å². The summed E-state index contributed by atoms with van der Waals surface area (Å²) in [5, 5.41) is 0. The summed E-state index contributed by atoms with van der Waals surface area (Å²) >= 11 is 3.44. The Morgan fingerprint density at radius 2 is 1.89 bits per heavy atom. The molecule has 0 saturated heterocycles. The summed E-state index contributed by atoms with van der Waals surface area (Å²) in [6, 6.07) is 13.3. The van der Waals surface area contributed by atoms with E-state index in [0.717, 1.165) is 15.8 Å². The molecule has 0 atom stereocenters. The Morgan fingerprint density at radius 3 is 2.56 bits per heavy atom. The van der Waals surface area contributed by atoms with Crippen LogP contribution in [0.15, 0.2) is 46.9 Å². The van der Waals surface area contributed by atoms with Crippen molar-refractivity contribution in [3.8, 4) is 11.5 Å². The zero-order chi connectivity index (χ0) is 13.0. The second-order valence-corrected chi connectivity index (χ2v) is 4.65. The van der Waals surface area contributed by atoms with Gasteiger partial charge in [0, 0.05) is 0 Å². The second kappa shape index (κ2) is 5.78. The van der Waals surface area contributed by atoms with Gasteiger partial charge in [0.05, 0.1) is 17.3 Å². The minimum absolute atomic E-state index is 0.469. The first kappa shape index (κ1) is 12.8. The van der Waals surface area contributed by atoms with Crippen molar-refractivity contribution >= 4 is 21.6 Å². The van der Waals surface area contributed by atoms with Crippen LogP contribution in [-0.4, -0.2) is 7.11 Å². The van der Waals surface area contributed by atoms with E-state index in [4.69, 9.17) is 15.2 Å². The van der Waals surface area contributed by atoms with Crippen LogP contribution in [0.4, 0.5) is 5.69 Å². The molecule has 2 N–H and O–H groups in total. The van der Waals surface area contributed by atoms with Crippen molar-refractivity contribution in [1.82, 2.24) is 0 Å². The number of hydrogen-bond donors (Lipinski definition) is 1. The first-order valence-electron chi connectivity index (χ1n) is 5.50. The topological polar surface area (TPSA) is 44.5 Å². The molecule has 94 valence electrons. The molecule has 18 heavy (non-hydrogen) atoms. The molecule has 0 fully saturated rings. The van der Waals surface area contributed by atoms with E-state index in [-0.39, 0.29) is 0 Å². The third kappa shape index (κ3) is 2.96. The van der Waals surface area contributed by atoms with Crippen LogP contribution in [0, 0.1) is 0 Å². The molecular formula is C14H14BrNO2. The van der Waals surface area contributed by atoms with Crippen LogP contribution in [0.3, 0.4) is 0 Å². The van der Waals surface area contributed by atoms with Crippen LogP contribution in [0.5, 0.6) is 11.5 Å². The summed E-state index contributed by atoms with van der Waals surface area (Å²) in [7, 11) is 1.64. The molecule has 0 heterocycles. The number of hydrogen-bond acceptors (Lipinski definition) is 3. The van der Waals surface area contributed by atoms with Crippen molar-refractivity contribution in [3.63, 3.8) is 0 Å². The van der Waals surface area contributed by atoms with Gasteiger partial charge in [-0.05, 0) is 45.8 Å². The standard InChI is InChI=1S/C14H14BrNO2/c1-17-13-7-6-10(8-11(13)15)9-18-14-5-3-2-4-12(14)16/h2-8H,9,16H2,1H3. The van der Waals surface area contributed by atoms with Gasteiger partial charge in [-0.15, -0.1) is 0 Å². The van der Waals surface area contributed by atoms with Crippen LogP contribution in [0.1, 0.15) is 5.56 Å². The van der Waals surface area contributed by atoms with Crippen LogP contribution >= 0.6 is 15.9 Å². The second-order valence-electron chi connectivity index (χ2n) is 3.80. The molecule has 0 aliphatic rings. The van der Waals surface area contributed by atoms with E-state index in [2.05, 4.69) is 15.9 Å². The van der Waals surface area contributed by atoms with Gasteiger partial charge in [0.25, 0.3) is 0 Å². The summed E-state index contributed by atoms with van der Waals surface area (Å²) < 4.78 is 11.7. The molecule has 0 aliphatic carbocycles. The lowest BCUT2D eigenvalue weighted by Gasteiger charge is -2.10. The Morgan fingerprint density at radius 1 is 1.11 bits per heavy atom. The number of benzene rings is 2. The van der Waals surface area contributed by atoms with Gasteiger partial charge >= 0.3 is 0 Å². The maximum atomic E-state index is 5.81. The van der Waals surface area contributed by atoms with Gasteiger partial charge in [-0.2, -0.15) is 0 Å². The number of methoxy groups -OCH3 is 1. The highest BCUT2D eigenvalue weighted by atomic mass is 79.9. The number of para-hydroxylation sites is 2. The molecule has 4 heteroatoms. The molecule has 3 nitrogen and oxygen atoms in total. The maximum Gasteiger partial charge on any atom is 0.142 e. The van der Waals surface area contributed by atoms with Crippen molar-refractivity contribution < 1.29 is 9.47 Å². The molecule has 2 rings (SSSR count). The molecule has 0 spiro atoms. The SMILES string of the molecule is COc1ccc(COc2ccccc2N)cc1Br. The zero-order valence-corrected chi connectivity index (χ0v) is 11.6. The third-order valence-corrected chi connectivity index (χ3v) is 3.15. The van der Waals surface area contributed by atoms with Crippen LogP contribution < -0.4 is 15.2 Å². The van der Waals surface area contributed by atoms with Crippen LogP contribution in [0.2, 0.25) is 0 Å². The third-order valence-electron chi connectivity index (χ3n) is 2.53. The number of rotatable bonds is 4. The molecule has 0 radical (unpaired) electrons. The van der Waals surface area contributed by atoms with Crippen molar-refractivity contribution in [2.24, 2.45) is 0 Å². The predicted octanol–water partition coefficient (Wildman–Crippen LogP) is 3.62. The number of ether oxygens (including phenoxy) is 2. The molecule has 0 aliphatic heterocycles. The highest BCUT2D eigenvalue weighted by molar-refractivity contribution is 9.10. The molecule has 2 aromatic rings. The number of anilines is 1. The summed E-state index contributed by atoms with van der Waals surface area (Å²) in [6.45, 7) is 0.469. The largest absolute Gasteiger partial charge is 0.496 e. The van der Waals surface area contributed by atoms with Gasteiger partial charge in [0.1, 0.15) is 18.1 Å². The normalized spacial score (nSPS) is 10.1. The smallest absolute Gasteiger partial charge is 0.142 e. The van der Waals surface area contributed by atoms with Gasteiger partial charge in [-0.3, -0.25) is 0 Å². The van der Waals surface area contributed by atoms with E-state index in [1.165, 1.54) is 0 Å². The first-order chi connectivity index (χ1) is 8.70. The Labute approximate surface area is 115 Å². The zero-order valence-electron chi connectivity index (χ0n) is 10.0. The van der Waals surface area contributed by atoms with Gasteiger partial charge in [-0.25, -0.2) is 0 Å². The van der Waals surface area contributed by atoms with Gasteiger partial charge in [0.2, 0.25) is 0 Å². The number of nitrogens with two attached hydrogens (primary N) is 1. The number of halogens is 1. The predicted molar refractivity (Wildman–Crippen MR) is 75.9 cm³/mol. The van der Waals surface area contributed by atoms with Crippen molar-refractivity contribution in [1.29, 1.82) is 0 Å². The Balaban J connectivity index is 2.07. The van der Waals surface area contributed by atoms with Gasteiger partial charge in [-0.1, -0.05) is 18.2 Å². The fourth-order valence-corrected chi connectivity index (χ4v) is 2.16. The molecule has 2 aromatic carbocycles. The molecule has 0 unspecified atom stereocenters. The summed E-state index contributed by atoms with van der Waals surface area (Å²) in [4.78, 5) is 0. The van der Waals surface area contributed by atoms with Crippen molar-refractivity contribution in [3.05, 3.63) is 52.5 Å². The van der Waals surface area contributed by atoms with Crippen LogP contribution in [-0.2, 0) is 6.61 Å². The highest BCUT2D eigenvalue weighted by Crippen LogP contribution is 2.27. The van der Waals surface area contributed by atoms with E-state index in [0.29, 0.717) is 18.0 Å². The van der Waals surface area contributed by atoms with E-state index >= 15 is 0 Å². The molecule has 0 bridgehead atoms. The average Bonchev–Trinajstić information content (AvgIpc) is 2.38. The van der Waals surface area contributed by atoms with E-state index in [1.54, 1.807) is 7.11 Å². The average molecular weight is 308 g/mol. The van der Waals surface area contributed by atoms with E-state index in [1.807, 2.05) is 42.5 Å². The fourth-order valence-electron chi connectivity index (χ4n) is 1.57. The van der Waals surface area contributed by atoms with E-state index in [9.17, 15) is 0 Å². The fraction of sp³-hybridized carbons (Fsp3) is 0.143. The highest BCUT2D eigenvalue weighted by Gasteiger charge is 2.03. The molecule has 0 aromatic heterocycles. The maximum absolute atomic E-state index is 5.81. The minimum Gasteiger partial charge on any atom is -0.496 e. The summed E-state index contributed by atoms with van der Waals surface area (Å²) in [5.41, 5.74) is 7.50. The number of nitrogen functional groups attached to an aromatic ring is 1. The Kier molecular flexibility index (Phi) is 4.10. The van der Waals surface area contributed by atoms with Gasteiger partial charge < -0.3 is 15.2 Å². The molecular weight excluding hydrogens is 294 g/mol. The van der Waals surface area contributed by atoms with E-state index < -0.39 is 0 Å². The lowest BCUT2D eigenvalue weighted by molar-refractivity contribution is 0.307. The summed E-state index contributed by atoms with van der Waals surface area (Å²) in [6.07, 6.45) is 0. The van der Waals surface area contributed by atoms with Crippen molar-refractivity contribution in [2.45, 2.75) is 6.61 Å². The van der Waals surface area contributed by atoms with Crippen LogP contribution in [0.25, 0.3) is 0 Å². The lowest BCUT2D eigenvalue weighted by atomic mass is 10.2. The molecule has 0 amide bonds. The molecule has 0 saturated carbocycles. The summed E-state index contributed by atoms with van der Waals surface area (Å²) in [5.74, 6) is 1.50. The first-order valence-corrected chi connectivity index (χ1v) is 6.29. The minimum atomic E-state index is 0.469. The monoisotopic (exact) mass is 307 g/mol. The quantitative estimate of drug-likeness (QED) is 0.877. The Bertz CT molecular complexity index is 543.